The van der Waals surface area contributed by atoms with Gasteiger partial charge in [0.25, 0.3) is 0 Å². The molecule has 2 rings (SSSR count). The Labute approximate surface area is 98.8 Å². The molecule has 2 aromatic rings. The van der Waals surface area contributed by atoms with E-state index in [0.717, 1.165) is 12.1 Å². The molecule has 1 aromatic carbocycles. The van der Waals surface area contributed by atoms with Crippen molar-refractivity contribution in [3.63, 3.8) is 0 Å². The van der Waals surface area contributed by atoms with E-state index in [1.165, 1.54) is 12.1 Å². The van der Waals surface area contributed by atoms with Gasteiger partial charge in [-0.3, -0.25) is 0 Å². The maximum atomic E-state index is 11.9. The number of nitriles is 1. The standard InChI is InChI=1S/C10H5F3N4O/c11-10(12,13)18-7-3-1-6(2-4-7)9-8(5-14)15-17-16-9/h1-4H,(H,15,16,17). The number of rotatable bonds is 2. The molecular formula is C10H5F3N4O. The van der Waals surface area contributed by atoms with Gasteiger partial charge < -0.3 is 4.74 Å². The fourth-order valence-corrected chi connectivity index (χ4v) is 1.32. The van der Waals surface area contributed by atoms with Gasteiger partial charge in [0.05, 0.1) is 0 Å². The van der Waals surface area contributed by atoms with E-state index in [0.29, 0.717) is 5.56 Å². The molecule has 5 nitrogen and oxygen atoms in total. The van der Waals surface area contributed by atoms with Crippen LogP contribution in [0.1, 0.15) is 5.69 Å². The SMILES string of the molecule is N#Cc1n[nH]nc1-c1ccc(OC(F)(F)F)cc1. The van der Waals surface area contributed by atoms with Crippen molar-refractivity contribution in [3.05, 3.63) is 30.0 Å². The van der Waals surface area contributed by atoms with Gasteiger partial charge in [0.2, 0.25) is 0 Å². The minimum atomic E-state index is -4.73. The molecule has 1 N–H and O–H groups in total. The highest BCUT2D eigenvalue weighted by Gasteiger charge is 2.31. The highest BCUT2D eigenvalue weighted by atomic mass is 19.4. The highest BCUT2D eigenvalue weighted by molar-refractivity contribution is 5.64. The Morgan fingerprint density at radius 3 is 2.39 bits per heavy atom. The van der Waals surface area contributed by atoms with E-state index in [4.69, 9.17) is 5.26 Å². The third kappa shape index (κ3) is 2.57. The zero-order valence-electron chi connectivity index (χ0n) is 8.69. The molecule has 0 unspecified atom stereocenters. The van der Waals surface area contributed by atoms with Crippen LogP contribution in [0.25, 0.3) is 11.3 Å². The number of halogens is 3. The Morgan fingerprint density at radius 1 is 1.17 bits per heavy atom. The van der Waals surface area contributed by atoms with E-state index >= 15 is 0 Å². The first-order valence-electron chi connectivity index (χ1n) is 4.66. The Bertz CT molecular complexity index is 582. The quantitative estimate of drug-likeness (QED) is 0.891. The Morgan fingerprint density at radius 2 is 1.83 bits per heavy atom. The third-order valence-electron chi connectivity index (χ3n) is 2.02. The molecule has 0 fully saturated rings. The van der Waals surface area contributed by atoms with Crippen LogP contribution in [0.4, 0.5) is 13.2 Å². The van der Waals surface area contributed by atoms with E-state index in [1.807, 2.05) is 6.07 Å². The summed E-state index contributed by atoms with van der Waals surface area (Å²) in [6.45, 7) is 0. The van der Waals surface area contributed by atoms with Crippen LogP contribution in [0.3, 0.4) is 0 Å². The topological polar surface area (TPSA) is 74.6 Å². The van der Waals surface area contributed by atoms with Crippen molar-refractivity contribution in [2.24, 2.45) is 0 Å². The highest BCUT2D eigenvalue weighted by Crippen LogP contribution is 2.26. The van der Waals surface area contributed by atoms with Crippen LogP contribution in [0.15, 0.2) is 24.3 Å². The number of nitrogens with one attached hydrogen (secondary N) is 1. The molecule has 0 spiro atoms. The largest absolute Gasteiger partial charge is 0.573 e. The zero-order chi connectivity index (χ0) is 13.2. The molecule has 0 saturated heterocycles. The number of nitrogens with zero attached hydrogens (tertiary/aromatic N) is 3. The summed E-state index contributed by atoms with van der Waals surface area (Å²) >= 11 is 0. The maximum absolute atomic E-state index is 11.9. The fraction of sp³-hybridized carbons (Fsp3) is 0.100. The van der Waals surface area contributed by atoms with Crippen molar-refractivity contribution in [3.8, 4) is 23.1 Å². The van der Waals surface area contributed by atoms with Gasteiger partial charge >= 0.3 is 6.36 Å². The van der Waals surface area contributed by atoms with Crippen LogP contribution in [0.5, 0.6) is 5.75 Å². The molecule has 0 atom stereocenters. The average Bonchev–Trinajstić information content (AvgIpc) is 2.76. The monoisotopic (exact) mass is 254 g/mol. The van der Waals surface area contributed by atoms with Crippen LogP contribution in [0, 0.1) is 11.3 Å². The number of aromatic nitrogens is 3. The molecule has 0 aliphatic rings. The minimum absolute atomic E-state index is 0.0690. The van der Waals surface area contributed by atoms with E-state index in [2.05, 4.69) is 20.1 Å². The van der Waals surface area contributed by atoms with Gasteiger partial charge in [0.1, 0.15) is 17.5 Å². The molecule has 0 radical (unpaired) electrons. The summed E-state index contributed by atoms with van der Waals surface area (Å²) < 4.78 is 39.5. The number of H-pyrrole nitrogens is 1. The smallest absolute Gasteiger partial charge is 0.406 e. The van der Waals surface area contributed by atoms with Gasteiger partial charge in [0, 0.05) is 5.56 Å². The van der Waals surface area contributed by atoms with E-state index in [1.54, 1.807) is 0 Å². The molecule has 18 heavy (non-hydrogen) atoms. The normalized spacial score (nSPS) is 11.0. The second kappa shape index (κ2) is 4.37. The number of ether oxygens (including phenoxy) is 1. The lowest BCUT2D eigenvalue weighted by Crippen LogP contribution is -2.16. The summed E-state index contributed by atoms with van der Waals surface area (Å²) in [5.41, 5.74) is 0.811. The van der Waals surface area contributed by atoms with Crippen molar-refractivity contribution in [2.45, 2.75) is 6.36 Å². The van der Waals surface area contributed by atoms with Crippen LogP contribution < -0.4 is 4.74 Å². The average molecular weight is 254 g/mol. The summed E-state index contributed by atoms with van der Waals surface area (Å²) in [5, 5.41) is 18.3. The number of hydrogen-bond donors (Lipinski definition) is 1. The summed E-state index contributed by atoms with van der Waals surface area (Å²) in [6, 6.07) is 6.81. The number of alkyl halides is 3. The van der Waals surface area contributed by atoms with Crippen molar-refractivity contribution in [1.29, 1.82) is 5.26 Å². The van der Waals surface area contributed by atoms with Gasteiger partial charge in [-0.05, 0) is 24.3 Å². The van der Waals surface area contributed by atoms with Crippen LogP contribution in [-0.4, -0.2) is 21.8 Å². The number of aromatic amines is 1. The number of benzene rings is 1. The van der Waals surface area contributed by atoms with Gasteiger partial charge in [-0.25, -0.2) is 0 Å². The molecule has 8 heteroatoms. The number of hydrogen-bond acceptors (Lipinski definition) is 4. The summed E-state index contributed by atoms with van der Waals surface area (Å²) in [5.74, 6) is -0.340. The molecule has 0 amide bonds. The second-order valence-electron chi connectivity index (χ2n) is 3.20. The lowest BCUT2D eigenvalue weighted by molar-refractivity contribution is -0.274. The third-order valence-corrected chi connectivity index (χ3v) is 2.02. The summed E-state index contributed by atoms with van der Waals surface area (Å²) in [7, 11) is 0. The van der Waals surface area contributed by atoms with Gasteiger partial charge in [-0.1, -0.05) is 0 Å². The van der Waals surface area contributed by atoms with Crippen LogP contribution >= 0.6 is 0 Å². The molecule has 0 bridgehead atoms. The molecule has 1 heterocycles. The molecule has 0 saturated carbocycles. The summed E-state index contributed by atoms with van der Waals surface area (Å²) in [4.78, 5) is 0. The first-order valence-corrected chi connectivity index (χ1v) is 4.66. The van der Waals surface area contributed by atoms with Crippen molar-refractivity contribution < 1.29 is 17.9 Å². The maximum Gasteiger partial charge on any atom is 0.573 e. The first-order chi connectivity index (χ1) is 8.49. The van der Waals surface area contributed by atoms with Crippen LogP contribution in [0.2, 0.25) is 0 Å². The van der Waals surface area contributed by atoms with E-state index < -0.39 is 6.36 Å². The zero-order valence-corrected chi connectivity index (χ0v) is 8.69. The van der Waals surface area contributed by atoms with Crippen molar-refractivity contribution >= 4 is 0 Å². The molecule has 0 aliphatic carbocycles. The van der Waals surface area contributed by atoms with E-state index in [-0.39, 0.29) is 17.1 Å². The first kappa shape index (κ1) is 11.9. The van der Waals surface area contributed by atoms with E-state index in [9.17, 15) is 13.2 Å². The van der Waals surface area contributed by atoms with Crippen LogP contribution in [-0.2, 0) is 0 Å². The molecule has 92 valence electrons. The van der Waals surface area contributed by atoms with Crippen molar-refractivity contribution in [1.82, 2.24) is 15.4 Å². The lowest BCUT2D eigenvalue weighted by atomic mass is 10.1. The van der Waals surface area contributed by atoms with Gasteiger partial charge in [-0.15, -0.1) is 18.3 Å². The second-order valence-corrected chi connectivity index (χ2v) is 3.20. The minimum Gasteiger partial charge on any atom is -0.406 e. The van der Waals surface area contributed by atoms with Gasteiger partial charge in [0.15, 0.2) is 5.69 Å². The predicted molar refractivity (Wildman–Crippen MR) is 53.2 cm³/mol. The Hall–Kier alpha value is -2.56. The Balaban J connectivity index is 2.26. The summed E-state index contributed by atoms with van der Waals surface area (Å²) in [6.07, 6.45) is -4.73. The van der Waals surface area contributed by atoms with Crippen molar-refractivity contribution in [2.75, 3.05) is 0 Å². The fourth-order valence-electron chi connectivity index (χ4n) is 1.32. The molecule has 0 aliphatic heterocycles. The Kier molecular flexibility index (Phi) is 2.89. The molecular weight excluding hydrogens is 249 g/mol. The molecule has 1 aromatic heterocycles. The van der Waals surface area contributed by atoms with Gasteiger partial charge in [-0.2, -0.15) is 15.6 Å². The lowest BCUT2D eigenvalue weighted by Gasteiger charge is -2.08. The predicted octanol–water partition coefficient (Wildman–Crippen LogP) is 2.24.